The minimum Gasteiger partial charge on any atom is -0.368 e. The van der Waals surface area contributed by atoms with E-state index in [1.165, 1.54) is 85.7 Å². The summed E-state index contributed by atoms with van der Waals surface area (Å²) in [7, 11) is 0. The fraction of sp³-hybridized carbons (Fsp3) is 0.0244. The summed E-state index contributed by atoms with van der Waals surface area (Å²) in [6.45, 7) is 0. The molecule has 0 fully saturated rings. The van der Waals surface area contributed by atoms with Crippen LogP contribution in [-0.4, -0.2) is 4.57 Å². The van der Waals surface area contributed by atoms with Gasteiger partial charge in [0.1, 0.15) is 5.37 Å². The molecule has 9 aromatic rings. The number of nitrogens with zero attached hydrogens (tertiary/aromatic N) is 1. The lowest BCUT2D eigenvalue weighted by molar-refractivity contribution is 1.12. The summed E-state index contributed by atoms with van der Waals surface area (Å²) in [4.78, 5) is 1.32. The molecule has 1 aliphatic heterocycles. The van der Waals surface area contributed by atoms with Gasteiger partial charge >= 0.3 is 0 Å². The number of hydrogen-bond acceptors (Lipinski definition) is 3. The van der Waals surface area contributed by atoms with Gasteiger partial charge in [0.05, 0.1) is 16.7 Å². The van der Waals surface area contributed by atoms with E-state index >= 15 is 0 Å². The molecule has 1 unspecified atom stereocenters. The van der Waals surface area contributed by atoms with E-state index in [0.29, 0.717) is 0 Å². The molecule has 1 aliphatic rings. The van der Waals surface area contributed by atoms with Crippen molar-refractivity contribution in [2.45, 2.75) is 10.3 Å². The van der Waals surface area contributed by atoms with Crippen molar-refractivity contribution in [1.82, 2.24) is 4.57 Å². The average molecular weight is 611 g/mol. The molecule has 2 aromatic heterocycles. The highest BCUT2D eigenvalue weighted by Gasteiger charge is 2.26. The predicted octanol–water partition coefficient (Wildman–Crippen LogP) is 12.2. The van der Waals surface area contributed by atoms with E-state index in [1.54, 1.807) is 0 Å². The van der Waals surface area contributed by atoms with Gasteiger partial charge in [-0.05, 0) is 76.0 Å². The van der Waals surface area contributed by atoms with Crippen LogP contribution >= 0.6 is 23.1 Å². The molecule has 1 atom stereocenters. The van der Waals surface area contributed by atoms with Gasteiger partial charge in [-0.1, -0.05) is 109 Å². The van der Waals surface area contributed by atoms with E-state index in [0.717, 1.165) is 0 Å². The van der Waals surface area contributed by atoms with Gasteiger partial charge < -0.3 is 9.88 Å². The third kappa shape index (κ3) is 3.83. The number of anilines is 1. The summed E-state index contributed by atoms with van der Waals surface area (Å²) >= 11 is 3.79. The van der Waals surface area contributed by atoms with E-state index in [-0.39, 0.29) is 5.37 Å². The van der Waals surface area contributed by atoms with Gasteiger partial charge in [0, 0.05) is 41.5 Å². The first-order chi connectivity index (χ1) is 22.3. The second-order valence-electron chi connectivity index (χ2n) is 11.8. The van der Waals surface area contributed by atoms with Crippen LogP contribution in [0.2, 0.25) is 0 Å². The zero-order valence-corrected chi connectivity index (χ0v) is 25.8. The Hall–Kier alpha value is -5.03. The Labute approximate surface area is 268 Å². The van der Waals surface area contributed by atoms with E-state index in [9.17, 15) is 0 Å². The summed E-state index contributed by atoms with van der Waals surface area (Å²) in [5, 5.41) is 11.9. The first-order valence-corrected chi connectivity index (χ1v) is 17.0. The zero-order valence-electron chi connectivity index (χ0n) is 24.2. The summed E-state index contributed by atoms with van der Waals surface area (Å²) in [5.74, 6) is 0. The van der Waals surface area contributed by atoms with Crippen molar-refractivity contribution in [3.63, 3.8) is 0 Å². The molecule has 4 heteroatoms. The molecule has 2 nitrogen and oxygen atoms in total. The first-order valence-electron chi connectivity index (χ1n) is 15.3. The SMILES string of the molecule is c1ccc(-c2ccc3sc4ccc5c(c4c3c2)NC(c2ccc(-n3c4ccccc4c4c6ccccc6ccc43)cc2)S5)cc1. The van der Waals surface area contributed by atoms with E-state index in [4.69, 9.17) is 0 Å². The maximum atomic E-state index is 3.93. The molecule has 1 N–H and O–H groups in total. The molecule has 0 amide bonds. The van der Waals surface area contributed by atoms with Crippen LogP contribution in [0.5, 0.6) is 0 Å². The van der Waals surface area contributed by atoms with Crippen LogP contribution in [0.25, 0.3) is 69.6 Å². The van der Waals surface area contributed by atoms with E-state index in [2.05, 4.69) is 155 Å². The van der Waals surface area contributed by atoms with Crippen LogP contribution in [0.1, 0.15) is 10.9 Å². The number of fused-ring (bicyclic) bond motifs is 10. The Balaban J connectivity index is 1.05. The summed E-state index contributed by atoms with van der Waals surface area (Å²) < 4.78 is 5.07. The third-order valence-corrected chi connectivity index (χ3v) is 11.6. The number of para-hydroxylation sites is 1. The van der Waals surface area contributed by atoms with Crippen molar-refractivity contribution in [3.8, 4) is 16.8 Å². The molecule has 0 spiro atoms. The topological polar surface area (TPSA) is 17.0 Å². The molecule has 10 rings (SSSR count). The maximum Gasteiger partial charge on any atom is 0.103 e. The number of benzene rings is 7. The van der Waals surface area contributed by atoms with Gasteiger partial charge in [0.2, 0.25) is 0 Å². The van der Waals surface area contributed by atoms with Gasteiger partial charge in [-0.3, -0.25) is 0 Å². The standard InChI is InChI=1S/C41H26N2S2/c1-2-8-25(9-3-1)28-17-21-35-32(24-28)39-36(44-35)22-23-37-40(39)42-41(45-37)27-14-18-29(19-15-27)43-33-13-7-6-12-31(33)38-30-11-5-4-10-26(30)16-20-34(38)43/h1-24,41-42H. The predicted molar refractivity (Wildman–Crippen MR) is 195 cm³/mol. The zero-order chi connectivity index (χ0) is 29.5. The van der Waals surface area contributed by atoms with Gasteiger partial charge in [-0.15, -0.1) is 11.3 Å². The van der Waals surface area contributed by atoms with Crippen molar-refractivity contribution < 1.29 is 0 Å². The average Bonchev–Trinajstić information content (AvgIpc) is 3.80. The maximum absolute atomic E-state index is 3.93. The van der Waals surface area contributed by atoms with Crippen molar-refractivity contribution in [3.05, 3.63) is 151 Å². The van der Waals surface area contributed by atoms with Crippen LogP contribution in [0.4, 0.5) is 5.69 Å². The summed E-state index contributed by atoms with van der Waals surface area (Å²) in [6, 6.07) is 53.3. The molecule has 0 bridgehead atoms. The van der Waals surface area contributed by atoms with Crippen LogP contribution < -0.4 is 5.32 Å². The number of hydrogen-bond donors (Lipinski definition) is 1. The summed E-state index contributed by atoms with van der Waals surface area (Å²) in [6.07, 6.45) is 0. The molecular formula is C41H26N2S2. The van der Waals surface area contributed by atoms with Crippen LogP contribution in [0, 0.1) is 0 Å². The summed E-state index contributed by atoms with van der Waals surface area (Å²) in [5.41, 5.74) is 8.71. The quantitative estimate of drug-likeness (QED) is 0.214. The second kappa shape index (κ2) is 9.73. The largest absolute Gasteiger partial charge is 0.368 e. The number of rotatable bonds is 3. The lowest BCUT2D eigenvalue weighted by Crippen LogP contribution is -2.02. The van der Waals surface area contributed by atoms with Gasteiger partial charge in [-0.2, -0.15) is 0 Å². The molecule has 45 heavy (non-hydrogen) atoms. The second-order valence-corrected chi connectivity index (χ2v) is 14.0. The minimum absolute atomic E-state index is 0.161. The molecule has 0 aliphatic carbocycles. The van der Waals surface area contributed by atoms with Crippen LogP contribution in [-0.2, 0) is 0 Å². The van der Waals surface area contributed by atoms with Crippen LogP contribution in [0.15, 0.2) is 150 Å². The molecule has 0 saturated heterocycles. The molecule has 0 radical (unpaired) electrons. The molecule has 7 aromatic carbocycles. The third-order valence-electron chi connectivity index (χ3n) is 9.24. The van der Waals surface area contributed by atoms with Crippen LogP contribution in [0.3, 0.4) is 0 Å². The monoisotopic (exact) mass is 610 g/mol. The lowest BCUT2D eigenvalue weighted by atomic mass is 10.0. The number of thioether (sulfide) groups is 1. The van der Waals surface area contributed by atoms with Gasteiger partial charge in [0.15, 0.2) is 0 Å². The van der Waals surface area contributed by atoms with Gasteiger partial charge in [-0.25, -0.2) is 0 Å². The molecule has 3 heterocycles. The fourth-order valence-electron chi connectivity index (χ4n) is 7.16. The highest BCUT2D eigenvalue weighted by Crippen LogP contribution is 2.52. The molecular weight excluding hydrogens is 585 g/mol. The van der Waals surface area contributed by atoms with Crippen molar-refractivity contribution in [1.29, 1.82) is 0 Å². The van der Waals surface area contributed by atoms with Crippen molar-refractivity contribution >= 4 is 81.5 Å². The van der Waals surface area contributed by atoms with Crippen molar-refractivity contribution in [2.75, 3.05) is 5.32 Å². The Kier molecular flexibility index (Phi) is 5.48. The number of thiophene rings is 1. The normalized spacial score (nSPS) is 14.5. The Morgan fingerprint density at radius 2 is 1.31 bits per heavy atom. The first kappa shape index (κ1) is 25.3. The smallest absolute Gasteiger partial charge is 0.103 e. The van der Waals surface area contributed by atoms with Crippen molar-refractivity contribution in [2.24, 2.45) is 0 Å². The minimum atomic E-state index is 0.161. The Morgan fingerprint density at radius 3 is 2.20 bits per heavy atom. The highest BCUT2D eigenvalue weighted by atomic mass is 32.2. The van der Waals surface area contributed by atoms with E-state index in [1.807, 2.05) is 23.1 Å². The van der Waals surface area contributed by atoms with E-state index < -0.39 is 0 Å². The lowest BCUT2D eigenvalue weighted by Gasteiger charge is -2.14. The fourth-order valence-corrected chi connectivity index (χ4v) is 9.40. The van der Waals surface area contributed by atoms with Gasteiger partial charge in [0.25, 0.3) is 0 Å². The number of nitrogens with one attached hydrogen (secondary N) is 1. The molecule has 212 valence electrons. The molecule has 0 saturated carbocycles. The number of aromatic nitrogens is 1. The highest BCUT2D eigenvalue weighted by molar-refractivity contribution is 8.00. The Bertz CT molecular complexity index is 2590. The Morgan fingerprint density at radius 1 is 0.533 bits per heavy atom.